The van der Waals surface area contributed by atoms with Crippen LogP contribution in [0.4, 0.5) is 0 Å². The van der Waals surface area contributed by atoms with Gasteiger partial charge < -0.3 is 0 Å². The molecule has 130 heavy (non-hydrogen) atoms. The van der Waals surface area contributed by atoms with Gasteiger partial charge in [-0.15, -0.1) is 0 Å². The molecule has 0 unspecified atom stereocenters. The van der Waals surface area contributed by atoms with Crippen molar-refractivity contribution >= 4 is 108 Å². The third-order valence-electron chi connectivity index (χ3n) is 24.6. The van der Waals surface area contributed by atoms with E-state index in [9.17, 15) is 0 Å². The van der Waals surface area contributed by atoms with Gasteiger partial charge in [0.05, 0.1) is 0 Å². The van der Waals surface area contributed by atoms with Gasteiger partial charge in [-0.05, 0) is 196 Å². The van der Waals surface area contributed by atoms with Crippen LogP contribution in [-0.4, -0.2) is 44.9 Å². The fourth-order valence-electron chi connectivity index (χ4n) is 18.1. The van der Waals surface area contributed by atoms with Crippen LogP contribution in [0.15, 0.2) is 467 Å². The number of benzene rings is 22. The largest absolute Gasteiger partial charge is 0.208 e. The lowest BCUT2D eigenvalue weighted by Gasteiger charge is -2.15. The average molecular weight is 1660 g/mol. The smallest absolute Gasteiger partial charge is 0.164 e. The third kappa shape index (κ3) is 15.3. The van der Waals surface area contributed by atoms with Gasteiger partial charge in [-0.2, -0.15) is 0 Å². The molecule has 3 heterocycles. The topological polar surface area (TPSA) is 116 Å². The Kier molecular flexibility index (Phi) is 20.1. The van der Waals surface area contributed by atoms with Crippen molar-refractivity contribution in [2.45, 2.75) is 0 Å². The van der Waals surface area contributed by atoms with E-state index >= 15 is 0 Å². The zero-order chi connectivity index (χ0) is 86.2. The molecular weight excluding hydrogens is 1580 g/mol. The quantitative estimate of drug-likeness (QED) is 0.0871. The summed E-state index contributed by atoms with van der Waals surface area (Å²) in [6, 6.07) is 163. The molecule has 3 aromatic heterocycles. The van der Waals surface area contributed by atoms with Crippen LogP contribution in [0.25, 0.3) is 244 Å². The molecule has 25 aromatic rings. The number of aromatic nitrogens is 9. The van der Waals surface area contributed by atoms with Gasteiger partial charge >= 0.3 is 0 Å². The molecule has 0 saturated carbocycles. The van der Waals surface area contributed by atoms with E-state index in [0.29, 0.717) is 52.4 Å². The molecule has 606 valence electrons. The van der Waals surface area contributed by atoms with E-state index in [1.165, 1.54) is 86.4 Å². The van der Waals surface area contributed by atoms with Crippen LogP contribution in [-0.2, 0) is 0 Å². The minimum absolute atomic E-state index is 0.648. The first-order chi connectivity index (χ1) is 64.4. The van der Waals surface area contributed by atoms with Crippen molar-refractivity contribution < 1.29 is 0 Å². The zero-order valence-electron chi connectivity index (χ0n) is 70.5. The second-order valence-electron chi connectivity index (χ2n) is 32.7. The van der Waals surface area contributed by atoms with Crippen LogP contribution in [0.5, 0.6) is 0 Å². The molecule has 0 radical (unpaired) electrons. The Hall–Kier alpha value is -17.5. The Balaban J connectivity index is 0.000000111. The molecule has 0 amide bonds. The van der Waals surface area contributed by atoms with Crippen LogP contribution in [0.1, 0.15) is 0 Å². The standard InChI is InChI=1S/C43H27N3.2C39H25N3/c1-2-13-29(14-3-1)41-44-42(37-21-11-10-19-35(37)34-23-22-28-12-4-5-15-30(28)24-34)46-43(45-41)40-27-33-18-8-9-20-36(33)38-25-31-16-6-7-17-32(31)26-39(38)40;1-2-11-28(12-3-1)37-40-38(29-21-18-27(19-22-29)31-23-20-26-10-4-5-13-30(26)24-31)42-39(41-37)36-25-32-14-6-7-15-33(32)34-16-8-9-17-35(34)36;1-2-11-28(12-3-1)37-40-38(33-15-8-14-30(24-33)31-19-17-26-9-4-5-13-29(26)23-31)42-39(41-37)34-21-22-36-32(25-34)20-18-27-10-6-7-16-35(27)36/h1-27H;2*1-25H. The number of hydrogen-bond donors (Lipinski definition) is 0. The summed E-state index contributed by atoms with van der Waals surface area (Å²) < 4.78 is 0. The van der Waals surface area contributed by atoms with Crippen molar-refractivity contribution in [1.82, 2.24) is 44.9 Å². The summed E-state index contributed by atoms with van der Waals surface area (Å²) >= 11 is 0. The maximum Gasteiger partial charge on any atom is 0.164 e. The fraction of sp³-hybridized carbons (Fsp3) is 0. The highest BCUT2D eigenvalue weighted by atomic mass is 15.1. The van der Waals surface area contributed by atoms with Crippen LogP contribution in [0, 0.1) is 0 Å². The molecule has 0 fully saturated rings. The van der Waals surface area contributed by atoms with Crippen LogP contribution < -0.4 is 0 Å². The zero-order valence-corrected chi connectivity index (χ0v) is 70.5. The minimum Gasteiger partial charge on any atom is -0.208 e. The SMILES string of the molecule is c1ccc(-c2nc(-c3ccc(-c4ccc5ccccc5c4)cc3)nc(-c3cc4ccccc4c4ccccc34)n2)cc1.c1ccc(-c2nc(-c3cccc(-c4ccc5ccccc5c4)c3)nc(-c3ccc4c(ccc5ccccc54)c3)n2)cc1.c1ccc(-c2nc(-c3ccccc3-c3ccc4ccccc4c3)nc(-c3cc4ccccc4c4cc5ccccc5cc34)n2)cc1. The van der Waals surface area contributed by atoms with Crippen LogP contribution >= 0.6 is 0 Å². The first-order valence-electron chi connectivity index (χ1n) is 43.8. The Morgan fingerprint density at radius 1 is 0.0923 bits per heavy atom. The summed E-state index contributed by atoms with van der Waals surface area (Å²) in [4.78, 5) is 45.6. The summed E-state index contributed by atoms with van der Waals surface area (Å²) in [6.45, 7) is 0. The number of fused-ring (bicyclic) bond motifs is 13. The Morgan fingerprint density at radius 3 is 0.877 bits per heavy atom. The first kappa shape index (κ1) is 77.3. The van der Waals surface area contributed by atoms with Crippen molar-refractivity contribution in [2.75, 3.05) is 0 Å². The minimum atomic E-state index is 0.648. The van der Waals surface area contributed by atoms with Crippen molar-refractivity contribution in [3.8, 4) is 136 Å². The monoisotopic (exact) mass is 1660 g/mol. The van der Waals surface area contributed by atoms with Gasteiger partial charge in [0, 0.05) is 50.1 Å². The molecule has 0 spiro atoms. The normalized spacial score (nSPS) is 11.4. The molecule has 0 N–H and O–H groups in total. The van der Waals surface area contributed by atoms with Gasteiger partial charge in [0.1, 0.15) is 0 Å². The second kappa shape index (κ2) is 33.8. The van der Waals surface area contributed by atoms with Crippen molar-refractivity contribution in [1.29, 1.82) is 0 Å². The highest BCUT2D eigenvalue weighted by Gasteiger charge is 2.23. The van der Waals surface area contributed by atoms with Gasteiger partial charge in [-0.3, -0.25) is 0 Å². The molecule has 0 bridgehead atoms. The Bertz CT molecular complexity index is 8680. The van der Waals surface area contributed by atoms with E-state index in [-0.39, 0.29) is 0 Å². The summed E-state index contributed by atoms with van der Waals surface area (Å²) in [6.07, 6.45) is 0. The number of hydrogen-bond acceptors (Lipinski definition) is 9. The lowest BCUT2D eigenvalue weighted by atomic mass is 9.94. The average Bonchev–Trinajstić information content (AvgIpc) is 0.994. The second-order valence-corrected chi connectivity index (χ2v) is 32.7. The summed E-state index contributed by atoms with van der Waals surface area (Å²) in [5, 5.41) is 24.0. The van der Waals surface area contributed by atoms with Gasteiger partial charge in [0.25, 0.3) is 0 Å². The van der Waals surface area contributed by atoms with E-state index in [0.717, 1.165) is 105 Å². The van der Waals surface area contributed by atoms with Gasteiger partial charge in [0.15, 0.2) is 52.4 Å². The predicted octanol–water partition coefficient (Wildman–Crippen LogP) is 31.2. The van der Waals surface area contributed by atoms with Gasteiger partial charge in [-0.25, -0.2) is 44.9 Å². The molecule has 0 saturated heterocycles. The predicted molar refractivity (Wildman–Crippen MR) is 540 cm³/mol. The van der Waals surface area contributed by atoms with Gasteiger partial charge in [0.2, 0.25) is 0 Å². The molecule has 22 aromatic carbocycles. The summed E-state index contributed by atoms with van der Waals surface area (Å²) in [5.74, 6) is 5.90. The Morgan fingerprint density at radius 2 is 0.354 bits per heavy atom. The molecule has 25 rings (SSSR count). The molecular formula is C121H77N9. The Labute approximate surface area is 750 Å². The third-order valence-corrected chi connectivity index (χ3v) is 24.6. The fourth-order valence-corrected chi connectivity index (χ4v) is 18.1. The highest BCUT2D eigenvalue weighted by Crippen LogP contribution is 2.43. The molecule has 0 aliphatic heterocycles. The van der Waals surface area contributed by atoms with E-state index in [1.54, 1.807) is 0 Å². The van der Waals surface area contributed by atoms with Crippen LogP contribution in [0.2, 0.25) is 0 Å². The van der Waals surface area contributed by atoms with E-state index in [4.69, 9.17) is 44.9 Å². The molecule has 0 aliphatic rings. The number of nitrogens with zero attached hydrogens (tertiary/aromatic N) is 9. The maximum absolute atomic E-state index is 5.26. The molecule has 0 atom stereocenters. The lowest BCUT2D eigenvalue weighted by molar-refractivity contribution is 1.07. The van der Waals surface area contributed by atoms with E-state index < -0.39 is 0 Å². The van der Waals surface area contributed by atoms with Crippen molar-refractivity contribution in [3.05, 3.63) is 467 Å². The van der Waals surface area contributed by atoms with Crippen LogP contribution in [0.3, 0.4) is 0 Å². The number of rotatable bonds is 12. The van der Waals surface area contributed by atoms with E-state index in [2.05, 4.69) is 388 Å². The lowest BCUT2D eigenvalue weighted by Crippen LogP contribution is -2.01. The molecule has 9 heteroatoms. The van der Waals surface area contributed by atoms with Crippen molar-refractivity contribution in [2.24, 2.45) is 0 Å². The molecule has 0 aliphatic carbocycles. The van der Waals surface area contributed by atoms with Gasteiger partial charge in [-0.1, -0.05) is 413 Å². The first-order valence-corrected chi connectivity index (χ1v) is 43.8. The maximum atomic E-state index is 5.26. The highest BCUT2D eigenvalue weighted by molar-refractivity contribution is 6.18. The summed E-state index contributed by atoms with van der Waals surface area (Å²) in [5.41, 5.74) is 15.5. The summed E-state index contributed by atoms with van der Waals surface area (Å²) in [7, 11) is 0. The van der Waals surface area contributed by atoms with Crippen molar-refractivity contribution in [3.63, 3.8) is 0 Å². The molecule has 9 nitrogen and oxygen atoms in total. The van der Waals surface area contributed by atoms with E-state index in [1.807, 2.05) is 78.9 Å².